The first-order valence-corrected chi connectivity index (χ1v) is 7.11. The number of hydrogen-bond donors (Lipinski definition) is 0. The Morgan fingerprint density at radius 3 is 0.742 bits per heavy atom. The third kappa shape index (κ3) is 4.34. The van der Waals surface area contributed by atoms with E-state index in [1.807, 2.05) is 0 Å². The normalized spacial score (nSPS) is 18.2. The zero-order chi connectivity index (χ0) is 25.9. The highest BCUT2D eigenvalue weighted by atomic mass is 19.4. The standard InChI is InChI=1S/C12H8F18O/c1-3(5(13,14)7(17,18)9(21,22)11(25,26)27)31-4(2)6(15,16)8(19,20)10(23,24)12(28,29)30/h3-4H,1-2H3. The van der Waals surface area contributed by atoms with Crippen molar-refractivity contribution >= 4 is 0 Å². The van der Waals surface area contributed by atoms with Gasteiger partial charge in [-0.05, 0) is 13.8 Å². The van der Waals surface area contributed by atoms with Crippen molar-refractivity contribution in [1.82, 2.24) is 0 Å². The molecule has 0 aliphatic heterocycles. The minimum Gasteiger partial charge on any atom is -0.363 e. The molecule has 0 aromatic rings. The molecule has 0 amide bonds. The summed E-state index contributed by atoms with van der Waals surface area (Å²) in [5.41, 5.74) is 0. The van der Waals surface area contributed by atoms with Crippen LogP contribution >= 0.6 is 0 Å². The summed E-state index contributed by atoms with van der Waals surface area (Å²) in [5.74, 6) is -43.6. The van der Waals surface area contributed by atoms with E-state index >= 15 is 0 Å². The van der Waals surface area contributed by atoms with Crippen molar-refractivity contribution in [2.75, 3.05) is 0 Å². The average molecular weight is 510 g/mol. The molecule has 2 atom stereocenters. The maximum absolute atomic E-state index is 13.5. The fourth-order valence-corrected chi connectivity index (χ4v) is 1.76. The van der Waals surface area contributed by atoms with E-state index in [0.29, 0.717) is 0 Å². The first kappa shape index (κ1) is 29.7. The molecule has 0 saturated heterocycles. The van der Waals surface area contributed by atoms with Crippen molar-refractivity contribution in [3.05, 3.63) is 0 Å². The molecule has 0 fully saturated rings. The third-order valence-corrected chi connectivity index (χ3v) is 3.77. The number of halogens is 18. The lowest BCUT2D eigenvalue weighted by Gasteiger charge is -2.40. The summed E-state index contributed by atoms with van der Waals surface area (Å²) >= 11 is 0. The van der Waals surface area contributed by atoms with Crippen molar-refractivity contribution in [3.63, 3.8) is 0 Å². The Morgan fingerprint density at radius 1 is 0.387 bits per heavy atom. The van der Waals surface area contributed by atoms with Crippen LogP contribution in [0.4, 0.5) is 79.0 Å². The van der Waals surface area contributed by atoms with Gasteiger partial charge in [0.2, 0.25) is 0 Å². The second-order valence-electron chi connectivity index (χ2n) is 5.96. The van der Waals surface area contributed by atoms with Crippen LogP contribution in [0, 0.1) is 0 Å². The zero-order valence-electron chi connectivity index (χ0n) is 14.4. The highest BCUT2D eigenvalue weighted by Crippen LogP contribution is 2.57. The number of alkyl halides is 18. The van der Waals surface area contributed by atoms with Crippen LogP contribution in [0.1, 0.15) is 13.8 Å². The molecule has 0 radical (unpaired) electrons. The van der Waals surface area contributed by atoms with E-state index < -0.39 is 73.9 Å². The van der Waals surface area contributed by atoms with Gasteiger partial charge < -0.3 is 4.74 Å². The average Bonchev–Trinajstić information content (AvgIpc) is 2.51. The molecule has 0 N–H and O–H groups in total. The highest BCUT2D eigenvalue weighted by Gasteiger charge is 2.85. The fraction of sp³-hybridized carbons (Fsp3) is 1.00. The van der Waals surface area contributed by atoms with Crippen LogP contribution in [0.2, 0.25) is 0 Å². The summed E-state index contributed by atoms with van der Waals surface area (Å²) in [4.78, 5) is 0. The van der Waals surface area contributed by atoms with E-state index in [1.165, 1.54) is 0 Å². The maximum atomic E-state index is 13.5. The largest absolute Gasteiger partial charge is 0.460 e. The van der Waals surface area contributed by atoms with Crippen molar-refractivity contribution in [3.8, 4) is 0 Å². The number of rotatable bonds is 8. The van der Waals surface area contributed by atoms with E-state index in [1.54, 1.807) is 0 Å². The minimum absolute atomic E-state index is 0.618. The summed E-state index contributed by atoms with van der Waals surface area (Å²) in [5, 5.41) is 0. The molecule has 188 valence electrons. The SMILES string of the molecule is CC(OC(C)C(F)(F)C(F)(F)C(F)(F)C(F)(F)F)C(F)(F)C(F)(F)C(F)(F)C(F)(F)F. The summed E-state index contributed by atoms with van der Waals surface area (Å²) < 4.78 is 232. The highest BCUT2D eigenvalue weighted by molar-refractivity contribution is 5.05. The van der Waals surface area contributed by atoms with E-state index in [0.717, 1.165) is 0 Å². The molecule has 0 saturated carbocycles. The smallest absolute Gasteiger partial charge is 0.363 e. The fourth-order valence-electron chi connectivity index (χ4n) is 1.76. The van der Waals surface area contributed by atoms with Crippen molar-refractivity contribution in [2.24, 2.45) is 0 Å². The molecule has 0 aromatic carbocycles. The first-order chi connectivity index (χ1) is 13.0. The Balaban J connectivity index is 6.06. The molecule has 0 rings (SSSR count). The third-order valence-electron chi connectivity index (χ3n) is 3.77. The van der Waals surface area contributed by atoms with Gasteiger partial charge in [-0.1, -0.05) is 0 Å². The minimum atomic E-state index is -7.54. The van der Waals surface area contributed by atoms with Crippen LogP contribution in [0.15, 0.2) is 0 Å². The zero-order valence-corrected chi connectivity index (χ0v) is 14.4. The molecule has 19 heteroatoms. The molecular formula is C12H8F18O. The van der Waals surface area contributed by atoms with Crippen molar-refractivity contribution < 1.29 is 83.8 Å². The second-order valence-corrected chi connectivity index (χ2v) is 5.96. The van der Waals surface area contributed by atoms with E-state index in [2.05, 4.69) is 4.74 Å². The molecule has 0 aliphatic rings. The Bertz CT molecular complexity index is 574. The number of ether oxygens (including phenoxy) is 1. The molecule has 1 nitrogen and oxygen atoms in total. The number of hydrogen-bond acceptors (Lipinski definition) is 1. The summed E-state index contributed by atoms with van der Waals surface area (Å²) in [6.45, 7) is -1.24. The Kier molecular flexibility index (Phi) is 7.32. The van der Waals surface area contributed by atoms with Crippen LogP contribution in [0.3, 0.4) is 0 Å². The molecule has 0 aromatic heterocycles. The molecule has 0 aliphatic carbocycles. The predicted octanol–water partition coefficient (Wildman–Crippen LogP) is 6.72. The Hall–Kier alpha value is -1.30. The molecule has 0 heterocycles. The molecule has 2 unspecified atom stereocenters. The van der Waals surface area contributed by atoms with E-state index in [9.17, 15) is 79.0 Å². The molecule has 0 bridgehead atoms. The Labute approximate surface area is 159 Å². The van der Waals surface area contributed by atoms with Crippen LogP contribution in [-0.4, -0.2) is 60.1 Å². The lowest BCUT2D eigenvalue weighted by Crippen LogP contribution is -2.67. The van der Waals surface area contributed by atoms with Gasteiger partial charge in [0.15, 0.2) is 0 Å². The van der Waals surface area contributed by atoms with Gasteiger partial charge in [0, 0.05) is 0 Å². The molecule has 0 spiro atoms. The molecular weight excluding hydrogens is 502 g/mol. The van der Waals surface area contributed by atoms with Crippen LogP contribution < -0.4 is 0 Å². The summed E-state index contributed by atoms with van der Waals surface area (Å²) in [6, 6.07) is 0. The topological polar surface area (TPSA) is 9.23 Å². The maximum Gasteiger partial charge on any atom is 0.460 e. The predicted molar refractivity (Wildman–Crippen MR) is 61.8 cm³/mol. The van der Waals surface area contributed by atoms with Gasteiger partial charge in [-0.25, -0.2) is 0 Å². The lowest BCUT2D eigenvalue weighted by atomic mass is 9.97. The van der Waals surface area contributed by atoms with Crippen molar-refractivity contribution in [2.45, 2.75) is 73.9 Å². The monoisotopic (exact) mass is 510 g/mol. The van der Waals surface area contributed by atoms with Crippen LogP contribution in [-0.2, 0) is 4.74 Å². The summed E-state index contributed by atoms with van der Waals surface area (Å²) in [6.07, 6.45) is -23.2. The second kappa shape index (κ2) is 7.64. The molecule has 31 heavy (non-hydrogen) atoms. The van der Waals surface area contributed by atoms with E-state index in [4.69, 9.17) is 0 Å². The van der Waals surface area contributed by atoms with Gasteiger partial charge in [-0.15, -0.1) is 0 Å². The van der Waals surface area contributed by atoms with Crippen molar-refractivity contribution in [1.29, 1.82) is 0 Å². The van der Waals surface area contributed by atoms with Crippen LogP contribution in [0.25, 0.3) is 0 Å². The first-order valence-electron chi connectivity index (χ1n) is 7.11. The van der Waals surface area contributed by atoms with Gasteiger partial charge in [0.1, 0.15) is 12.2 Å². The van der Waals surface area contributed by atoms with E-state index in [-0.39, 0.29) is 0 Å². The summed E-state index contributed by atoms with van der Waals surface area (Å²) in [7, 11) is 0. The van der Waals surface area contributed by atoms with Gasteiger partial charge in [-0.2, -0.15) is 79.0 Å². The quantitative estimate of drug-likeness (QED) is 0.330. The Morgan fingerprint density at radius 2 is 0.581 bits per heavy atom. The lowest BCUT2D eigenvalue weighted by molar-refractivity contribution is -0.421. The van der Waals surface area contributed by atoms with Gasteiger partial charge in [-0.3, -0.25) is 0 Å². The van der Waals surface area contributed by atoms with Crippen LogP contribution in [0.5, 0.6) is 0 Å². The van der Waals surface area contributed by atoms with Gasteiger partial charge in [0.05, 0.1) is 0 Å². The van der Waals surface area contributed by atoms with Gasteiger partial charge >= 0.3 is 47.9 Å². The van der Waals surface area contributed by atoms with Gasteiger partial charge in [0.25, 0.3) is 0 Å².